The molecule has 0 N–H and O–H groups in total. The van der Waals surface area contributed by atoms with Gasteiger partial charge < -0.3 is 4.57 Å². The summed E-state index contributed by atoms with van der Waals surface area (Å²) in [6.45, 7) is 2.05. The first kappa shape index (κ1) is 14.7. The zero-order valence-corrected chi connectivity index (χ0v) is 14.3. The molecule has 3 aromatic heterocycles. The average Bonchev–Trinajstić information content (AvgIpc) is 3.16. The van der Waals surface area contributed by atoms with Crippen molar-refractivity contribution in [2.24, 2.45) is 7.05 Å². The van der Waals surface area contributed by atoms with E-state index in [9.17, 15) is 0 Å². The van der Waals surface area contributed by atoms with Crippen LogP contribution >= 0.6 is 11.8 Å². The lowest BCUT2D eigenvalue weighted by atomic mass is 10.2. The fraction of sp³-hybridized carbons (Fsp3) is 0.389. The molecule has 0 bridgehead atoms. The summed E-state index contributed by atoms with van der Waals surface area (Å²) in [6, 6.07) is 4.17. The molecule has 1 fully saturated rings. The van der Waals surface area contributed by atoms with Gasteiger partial charge in [-0.2, -0.15) is 0 Å². The Balaban J connectivity index is 1.79. The standard InChI is InChI=1S/C18H20N4S/c1-12-9-15-18(20-10-12)22(2)17(21-15)14-7-8-19-11-16(14)23-13-5-3-4-6-13/h7-11,13H,3-6H2,1-2H3. The van der Waals surface area contributed by atoms with Crippen molar-refractivity contribution in [1.82, 2.24) is 19.5 Å². The molecule has 4 nitrogen and oxygen atoms in total. The lowest BCUT2D eigenvalue weighted by molar-refractivity contribution is 0.886. The topological polar surface area (TPSA) is 43.6 Å². The second-order valence-corrected chi connectivity index (χ2v) is 7.59. The molecule has 0 spiro atoms. The third-order valence-corrected chi connectivity index (χ3v) is 5.85. The molecule has 3 aromatic rings. The Kier molecular flexibility index (Phi) is 3.81. The van der Waals surface area contributed by atoms with E-state index in [1.54, 1.807) is 0 Å². The molecular formula is C18H20N4S. The van der Waals surface area contributed by atoms with Gasteiger partial charge in [0.1, 0.15) is 11.3 Å². The molecule has 5 heteroatoms. The summed E-state index contributed by atoms with van der Waals surface area (Å²) < 4.78 is 2.09. The molecule has 0 saturated heterocycles. The average molecular weight is 324 g/mol. The fourth-order valence-electron chi connectivity index (χ4n) is 3.26. The van der Waals surface area contributed by atoms with Crippen molar-refractivity contribution >= 4 is 22.9 Å². The van der Waals surface area contributed by atoms with E-state index in [4.69, 9.17) is 4.98 Å². The first-order valence-electron chi connectivity index (χ1n) is 8.12. The molecule has 4 rings (SSSR count). The van der Waals surface area contributed by atoms with Crippen molar-refractivity contribution in [2.45, 2.75) is 42.8 Å². The van der Waals surface area contributed by atoms with Gasteiger partial charge in [0.05, 0.1) is 0 Å². The van der Waals surface area contributed by atoms with Crippen LogP contribution in [0.2, 0.25) is 0 Å². The Morgan fingerprint density at radius 1 is 1.22 bits per heavy atom. The van der Waals surface area contributed by atoms with E-state index in [1.165, 1.54) is 30.6 Å². The quantitative estimate of drug-likeness (QED) is 0.717. The maximum atomic E-state index is 4.84. The number of nitrogens with zero attached hydrogens (tertiary/aromatic N) is 4. The molecular weight excluding hydrogens is 304 g/mol. The molecule has 1 aliphatic carbocycles. The summed E-state index contributed by atoms with van der Waals surface area (Å²) in [5.41, 5.74) is 4.18. The fourth-order valence-corrected chi connectivity index (χ4v) is 4.60. The van der Waals surface area contributed by atoms with Gasteiger partial charge in [0.25, 0.3) is 0 Å². The number of aromatic nitrogens is 4. The Labute approximate surface area is 140 Å². The normalized spacial score (nSPS) is 15.6. The second kappa shape index (κ2) is 5.96. The van der Waals surface area contributed by atoms with Crippen LogP contribution < -0.4 is 0 Å². The van der Waals surface area contributed by atoms with Crippen LogP contribution in [0.4, 0.5) is 0 Å². The van der Waals surface area contributed by atoms with Crippen molar-refractivity contribution in [1.29, 1.82) is 0 Å². The van der Waals surface area contributed by atoms with Crippen LogP contribution in [0.15, 0.2) is 35.6 Å². The van der Waals surface area contributed by atoms with E-state index in [1.807, 2.05) is 37.4 Å². The van der Waals surface area contributed by atoms with Gasteiger partial charge in [-0.3, -0.25) is 4.98 Å². The molecule has 0 radical (unpaired) electrons. The van der Waals surface area contributed by atoms with Crippen LogP contribution in [0.25, 0.3) is 22.6 Å². The third-order valence-electron chi connectivity index (χ3n) is 4.47. The van der Waals surface area contributed by atoms with Gasteiger partial charge >= 0.3 is 0 Å². The Morgan fingerprint density at radius 2 is 2.04 bits per heavy atom. The monoisotopic (exact) mass is 324 g/mol. The van der Waals surface area contributed by atoms with Gasteiger partial charge in [0.2, 0.25) is 0 Å². The molecule has 3 heterocycles. The van der Waals surface area contributed by atoms with E-state index >= 15 is 0 Å². The summed E-state index contributed by atoms with van der Waals surface area (Å²) >= 11 is 1.96. The minimum Gasteiger partial charge on any atom is -0.312 e. The summed E-state index contributed by atoms with van der Waals surface area (Å²) in [7, 11) is 2.04. The molecule has 23 heavy (non-hydrogen) atoms. The molecule has 0 amide bonds. The van der Waals surface area contributed by atoms with Gasteiger partial charge in [-0.25, -0.2) is 9.97 Å². The molecule has 1 aliphatic rings. The Bertz CT molecular complexity index is 849. The van der Waals surface area contributed by atoms with Crippen LogP contribution in [0, 0.1) is 6.92 Å². The Morgan fingerprint density at radius 3 is 2.87 bits per heavy atom. The molecule has 1 saturated carbocycles. The number of fused-ring (bicyclic) bond motifs is 1. The largest absolute Gasteiger partial charge is 0.312 e. The van der Waals surface area contributed by atoms with Crippen molar-refractivity contribution < 1.29 is 0 Å². The van der Waals surface area contributed by atoms with Gasteiger partial charge in [-0.1, -0.05) is 12.8 Å². The second-order valence-electron chi connectivity index (χ2n) is 6.25. The number of thioether (sulfide) groups is 1. The number of imidazole rings is 1. The summed E-state index contributed by atoms with van der Waals surface area (Å²) in [5.74, 6) is 0.973. The zero-order chi connectivity index (χ0) is 15.8. The van der Waals surface area contributed by atoms with Crippen molar-refractivity contribution in [2.75, 3.05) is 0 Å². The lowest BCUT2D eigenvalue weighted by Crippen LogP contribution is -1.98. The highest BCUT2D eigenvalue weighted by atomic mass is 32.2. The van der Waals surface area contributed by atoms with Crippen LogP contribution in [-0.4, -0.2) is 24.8 Å². The Hall–Kier alpha value is -1.88. The molecule has 0 aliphatic heterocycles. The van der Waals surface area contributed by atoms with Gasteiger partial charge in [0.15, 0.2) is 5.65 Å². The maximum Gasteiger partial charge on any atom is 0.160 e. The van der Waals surface area contributed by atoms with Gasteiger partial charge in [-0.05, 0) is 37.5 Å². The molecule has 118 valence electrons. The summed E-state index contributed by atoms with van der Waals surface area (Å²) in [4.78, 5) is 14.9. The molecule has 0 unspecified atom stereocenters. The van der Waals surface area contributed by atoms with Crippen molar-refractivity contribution in [3.63, 3.8) is 0 Å². The number of pyridine rings is 2. The van der Waals surface area contributed by atoms with Crippen LogP contribution in [0.5, 0.6) is 0 Å². The highest BCUT2D eigenvalue weighted by Crippen LogP contribution is 2.39. The number of hydrogen-bond acceptors (Lipinski definition) is 4. The van der Waals surface area contributed by atoms with E-state index in [-0.39, 0.29) is 0 Å². The zero-order valence-electron chi connectivity index (χ0n) is 13.5. The van der Waals surface area contributed by atoms with E-state index < -0.39 is 0 Å². The van der Waals surface area contributed by atoms with Crippen molar-refractivity contribution in [3.05, 3.63) is 36.3 Å². The molecule has 0 atom stereocenters. The van der Waals surface area contributed by atoms with Gasteiger partial charge in [-0.15, -0.1) is 11.8 Å². The smallest absolute Gasteiger partial charge is 0.160 e. The summed E-state index contributed by atoms with van der Waals surface area (Å²) in [5, 5.41) is 0.716. The highest BCUT2D eigenvalue weighted by molar-refractivity contribution is 8.00. The maximum absolute atomic E-state index is 4.84. The first-order chi connectivity index (χ1) is 11.2. The number of aryl methyl sites for hydroxylation is 2. The van der Waals surface area contributed by atoms with Crippen LogP contribution in [0.3, 0.4) is 0 Å². The first-order valence-corrected chi connectivity index (χ1v) is 9.00. The van der Waals surface area contributed by atoms with Gasteiger partial charge in [0, 0.05) is 41.3 Å². The third kappa shape index (κ3) is 2.74. The molecule has 0 aromatic carbocycles. The van der Waals surface area contributed by atoms with E-state index in [0.29, 0.717) is 5.25 Å². The minimum atomic E-state index is 0.716. The van der Waals surface area contributed by atoms with Crippen molar-refractivity contribution in [3.8, 4) is 11.4 Å². The lowest BCUT2D eigenvalue weighted by Gasteiger charge is -2.12. The predicted octanol–water partition coefficient (Wildman–Crippen LogP) is 4.37. The minimum absolute atomic E-state index is 0.716. The highest BCUT2D eigenvalue weighted by Gasteiger charge is 2.20. The number of hydrogen-bond donors (Lipinski definition) is 0. The summed E-state index contributed by atoms with van der Waals surface area (Å²) in [6.07, 6.45) is 11.0. The predicted molar refractivity (Wildman–Crippen MR) is 94.6 cm³/mol. The SMILES string of the molecule is Cc1cnc2c(c1)nc(-c1ccncc1SC1CCCC1)n2C. The van der Waals surface area contributed by atoms with E-state index in [0.717, 1.165) is 28.1 Å². The van der Waals surface area contributed by atoms with E-state index in [2.05, 4.69) is 33.6 Å². The number of rotatable bonds is 3. The van der Waals surface area contributed by atoms with Crippen LogP contribution in [-0.2, 0) is 7.05 Å². The van der Waals surface area contributed by atoms with Crippen LogP contribution in [0.1, 0.15) is 31.2 Å².